The smallest absolute Gasteiger partial charge is 0.161 e. The Morgan fingerprint density at radius 2 is 1.70 bits per heavy atom. The summed E-state index contributed by atoms with van der Waals surface area (Å²) in [6.07, 6.45) is 0.437. The Bertz CT molecular complexity index is 612. The van der Waals surface area contributed by atoms with E-state index in [0.717, 1.165) is 28.2 Å². The van der Waals surface area contributed by atoms with Crippen LogP contribution in [0.5, 0.6) is 11.5 Å². The zero-order valence-electron chi connectivity index (χ0n) is 11.7. The predicted molar refractivity (Wildman–Crippen MR) is 77.8 cm³/mol. The molecule has 0 atom stereocenters. The van der Waals surface area contributed by atoms with E-state index in [4.69, 9.17) is 14.7 Å². The van der Waals surface area contributed by atoms with Crippen LogP contribution in [-0.4, -0.2) is 7.11 Å². The molecular formula is C17H17NO2. The van der Waals surface area contributed by atoms with Crippen molar-refractivity contribution in [1.29, 1.82) is 5.26 Å². The molecule has 0 amide bonds. The van der Waals surface area contributed by atoms with E-state index in [-0.39, 0.29) is 0 Å². The van der Waals surface area contributed by atoms with E-state index in [9.17, 15) is 0 Å². The van der Waals surface area contributed by atoms with Gasteiger partial charge in [-0.15, -0.1) is 0 Å². The van der Waals surface area contributed by atoms with Crippen molar-refractivity contribution in [3.8, 4) is 17.6 Å². The van der Waals surface area contributed by atoms with Crippen LogP contribution < -0.4 is 9.47 Å². The summed E-state index contributed by atoms with van der Waals surface area (Å²) >= 11 is 0. The lowest BCUT2D eigenvalue weighted by Gasteiger charge is -2.11. The fourth-order valence-corrected chi connectivity index (χ4v) is 1.90. The fraction of sp³-hybridized carbons (Fsp3) is 0.235. The number of aryl methyl sites for hydroxylation is 1. The lowest BCUT2D eigenvalue weighted by Crippen LogP contribution is -1.98. The molecule has 0 aromatic heterocycles. The number of benzene rings is 2. The summed E-state index contributed by atoms with van der Waals surface area (Å²) in [7, 11) is 1.64. The molecule has 0 bridgehead atoms. The molecule has 0 N–H and O–H groups in total. The van der Waals surface area contributed by atoms with Gasteiger partial charge in [0.2, 0.25) is 0 Å². The van der Waals surface area contributed by atoms with E-state index < -0.39 is 0 Å². The SMILES string of the molecule is COc1cc(C)ccc1OCc1ccc(CC#N)cc1. The van der Waals surface area contributed by atoms with Gasteiger partial charge in [-0.1, -0.05) is 30.3 Å². The first-order valence-corrected chi connectivity index (χ1v) is 6.45. The van der Waals surface area contributed by atoms with Crippen LogP contribution in [0.4, 0.5) is 0 Å². The van der Waals surface area contributed by atoms with Crippen LogP contribution in [0.2, 0.25) is 0 Å². The molecule has 0 aliphatic rings. The maximum Gasteiger partial charge on any atom is 0.161 e. The van der Waals surface area contributed by atoms with E-state index in [0.29, 0.717) is 13.0 Å². The summed E-state index contributed by atoms with van der Waals surface area (Å²) in [5, 5.41) is 8.63. The van der Waals surface area contributed by atoms with E-state index in [1.807, 2.05) is 49.4 Å². The first kappa shape index (κ1) is 14.0. The van der Waals surface area contributed by atoms with Gasteiger partial charge in [0, 0.05) is 0 Å². The standard InChI is InChI=1S/C17H17NO2/c1-13-3-8-16(17(11-13)19-2)20-12-15-6-4-14(5-7-15)9-10-18/h3-8,11H,9,12H2,1-2H3. The molecule has 0 aliphatic heterocycles. The van der Waals surface area contributed by atoms with Gasteiger partial charge in [0.25, 0.3) is 0 Å². The van der Waals surface area contributed by atoms with Crippen molar-refractivity contribution in [2.75, 3.05) is 7.11 Å². The van der Waals surface area contributed by atoms with Gasteiger partial charge in [-0.05, 0) is 35.7 Å². The summed E-state index contributed by atoms with van der Waals surface area (Å²) in [5.41, 5.74) is 3.22. The summed E-state index contributed by atoms with van der Waals surface area (Å²) in [6.45, 7) is 2.49. The highest BCUT2D eigenvalue weighted by Gasteiger charge is 2.04. The molecular weight excluding hydrogens is 250 g/mol. The van der Waals surface area contributed by atoms with Crippen LogP contribution in [-0.2, 0) is 13.0 Å². The van der Waals surface area contributed by atoms with Crippen molar-refractivity contribution < 1.29 is 9.47 Å². The summed E-state index contributed by atoms with van der Waals surface area (Å²) in [4.78, 5) is 0. The topological polar surface area (TPSA) is 42.2 Å². The molecule has 0 heterocycles. The van der Waals surface area contributed by atoms with Gasteiger partial charge < -0.3 is 9.47 Å². The van der Waals surface area contributed by atoms with Crippen LogP contribution in [0.15, 0.2) is 42.5 Å². The number of methoxy groups -OCH3 is 1. The van der Waals surface area contributed by atoms with Crippen molar-refractivity contribution in [2.24, 2.45) is 0 Å². The molecule has 0 fully saturated rings. The lowest BCUT2D eigenvalue weighted by molar-refractivity contribution is 0.284. The molecule has 0 spiro atoms. The highest BCUT2D eigenvalue weighted by atomic mass is 16.5. The van der Waals surface area contributed by atoms with Crippen molar-refractivity contribution in [2.45, 2.75) is 20.0 Å². The quantitative estimate of drug-likeness (QED) is 0.830. The van der Waals surface area contributed by atoms with E-state index in [2.05, 4.69) is 6.07 Å². The Balaban J connectivity index is 2.03. The first-order chi connectivity index (χ1) is 9.72. The van der Waals surface area contributed by atoms with E-state index in [1.54, 1.807) is 7.11 Å². The zero-order chi connectivity index (χ0) is 14.4. The third kappa shape index (κ3) is 3.52. The van der Waals surface area contributed by atoms with Crippen LogP contribution >= 0.6 is 0 Å². The Kier molecular flexibility index (Phi) is 4.62. The van der Waals surface area contributed by atoms with Gasteiger partial charge in [-0.25, -0.2) is 0 Å². The Morgan fingerprint density at radius 1 is 1.00 bits per heavy atom. The minimum atomic E-state index is 0.437. The minimum absolute atomic E-state index is 0.437. The maximum absolute atomic E-state index is 8.63. The van der Waals surface area contributed by atoms with Crippen molar-refractivity contribution in [3.05, 3.63) is 59.2 Å². The highest BCUT2D eigenvalue weighted by Crippen LogP contribution is 2.28. The van der Waals surface area contributed by atoms with E-state index in [1.165, 1.54) is 0 Å². The average molecular weight is 267 g/mol. The van der Waals surface area contributed by atoms with Gasteiger partial charge in [-0.3, -0.25) is 0 Å². The highest BCUT2D eigenvalue weighted by molar-refractivity contribution is 5.42. The number of hydrogen-bond donors (Lipinski definition) is 0. The molecule has 2 rings (SSSR count). The number of ether oxygens (including phenoxy) is 2. The molecule has 0 saturated heterocycles. The molecule has 3 heteroatoms. The maximum atomic E-state index is 8.63. The van der Waals surface area contributed by atoms with Gasteiger partial charge >= 0.3 is 0 Å². The first-order valence-electron chi connectivity index (χ1n) is 6.45. The molecule has 2 aromatic rings. The molecule has 0 radical (unpaired) electrons. The third-order valence-electron chi connectivity index (χ3n) is 3.02. The number of nitrogens with zero attached hydrogens (tertiary/aromatic N) is 1. The Labute approximate surface area is 119 Å². The second-order valence-corrected chi connectivity index (χ2v) is 4.59. The monoisotopic (exact) mass is 267 g/mol. The average Bonchev–Trinajstić information content (AvgIpc) is 2.47. The van der Waals surface area contributed by atoms with Gasteiger partial charge in [0.05, 0.1) is 19.6 Å². The second kappa shape index (κ2) is 6.63. The number of hydrogen-bond acceptors (Lipinski definition) is 3. The van der Waals surface area contributed by atoms with Crippen molar-refractivity contribution >= 4 is 0 Å². The third-order valence-corrected chi connectivity index (χ3v) is 3.02. The van der Waals surface area contributed by atoms with Gasteiger partial charge in [-0.2, -0.15) is 5.26 Å². The summed E-state index contributed by atoms with van der Waals surface area (Å²) in [6, 6.07) is 15.9. The largest absolute Gasteiger partial charge is 0.493 e. The normalized spacial score (nSPS) is 9.85. The summed E-state index contributed by atoms with van der Waals surface area (Å²) in [5.74, 6) is 1.48. The molecule has 0 saturated carbocycles. The van der Waals surface area contributed by atoms with Crippen molar-refractivity contribution in [1.82, 2.24) is 0 Å². The molecule has 0 aliphatic carbocycles. The molecule has 2 aromatic carbocycles. The molecule has 20 heavy (non-hydrogen) atoms. The zero-order valence-corrected chi connectivity index (χ0v) is 11.7. The number of rotatable bonds is 5. The predicted octanol–water partition coefficient (Wildman–Crippen LogP) is 3.65. The van der Waals surface area contributed by atoms with Crippen LogP contribution in [0.25, 0.3) is 0 Å². The Morgan fingerprint density at radius 3 is 2.35 bits per heavy atom. The Hall–Kier alpha value is -2.47. The molecule has 102 valence electrons. The number of nitriles is 1. The molecule has 0 unspecified atom stereocenters. The van der Waals surface area contributed by atoms with Crippen molar-refractivity contribution in [3.63, 3.8) is 0 Å². The van der Waals surface area contributed by atoms with Crippen LogP contribution in [0.1, 0.15) is 16.7 Å². The van der Waals surface area contributed by atoms with Gasteiger partial charge in [0.15, 0.2) is 11.5 Å². The fourth-order valence-electron chi connectivity index (χ4n) is 1.90. The minimum Gasteiger partial charge on any atom is -0.493 e. The second-order valence-electron chi connectivity index (χ2n) is 4.59. The molecule has 3 nitrogen and oxygen atoms in total. The van der Waals surface area contributed by atoms with Crippen LogP contribution in [0.3, 0.4) is 0 Å². The van der Waals surface area contributed by atoms with Crippen LogP contribution in [0, 0.1) is 18.3 Å². The van der Waals surface area contributed by atoms with Gasteiger partial charge in [0.1, 0.15) is 6.61 Å². The lowest BCUT2D eigenvalue weighted by atomic mass is 10.1. The summed E-state index contributed by atoms with van der Waals surface area (Å²) < 4.78 is 11.1. The van der Waals surface area contributed by atoms with E-state index >= 15 is 0 Å².